The lowest BCUT2D eigenvalue weighted by atomic mass is 10.0. The van der Waals surface area contributed by atoms with Crippen molar-refractivity contribution in [1.82, 2.24) is 14.4 Å². The number of amides is 1. The lowest BCUT2D eigenvalue weighted by molar-refractivity contribution is -0.122. The molecule has 2 aliphatic heterocycles. The minimum absolute atomic E-state index is 0.103. The average molecular weight is 474 g/mol. The Morgan fingerprint density at radius 1 is 1.22 bits per heavy atom. The smallest absolute Gasteiger partial charge is 0.270 e. The van der Waals surface area contributed by atoms with Gasteiger partial charge in [0.25, 0.3) is 11.5 Å². The van der Waals surface area contributed by atoms with E-state index in [1.165, 1.54) is 11.8 Å². The van der Waals surface area contributed by atoms with Crippen LogP contribution >= 0.6 is 24.0 Å². The summed E-state index contributed by atoms with van der Waals surface area (Å²) in [5.74, 6) is 1.13. The molecule has 1 aromatic heterocycles. The van der Waals surface area contributed by atoms with Gasteiger partial charge in [-0.2, -0.15) is 5.26 Å². The van der Waals surface area contributed by atoms with Gasteiger partial charge in [0, 0.05) is 45.3 Å². The molecular weight excluding hydrogens is 442 g/mol. The highest BCUT2D eigenvalue weighted by Crippen LogP contribution is 2.36. The number of piperazine rings is 1. The van der Waals surface area contributed by atoms with E-state index in [4.69, 9.17) is 12.2 Å². The monoisotopic (exact) mass is 473 g/mol. The zero-order valence-corrected chi connectivity index (χ0v) is 21.1. The number of anilines is 1. The molecule has 0 radical (unpaired) electrons. The van der Waals surface area contributed by atoms with Gasteiger partial charge in [-0.15, -0.1) is 0 Å². The lowest BCUT2D eigenvalue weighted by Gasteiger charge is -2.37. The average Bonchev–Trinajstić information content (AvgIpc) is 3.03. The highest BCUT2D eigenvalue weighted by atomic mass is 32.2. The molecule has 0 aliphatic carbocycles. The third-order valence-corrected chi connectivity index (χ3v) is 7.54. The van der Waals surface area contributed by atoms with Crippen LogP contribution in [0.5, 0.6) is 0 Å². The van der Waals surface area contributed by atoms with Gasteiger partial charge in [0.1, 0.15) is 21.8 Å². The Balaban J connectivity index is 2.07. The van der Waals surface area contributed by atoms with Crippen molar-refractivity contribution >= 4 is 46.1 Å². The van der Waals surface area contributed by atoms with Crippen molar-refractivity contribution < 1.29 is 4.79 Å². The van der Waals surface area contributed by atoms with Crippen LogP contribution in [0.2, 0.25) is 0 Å². The molecule has 1 aromatic rings. The van der Waals surface area contributed by atoms with Gasteiger partial charge >= 0.3 is 0 Å². The van der Waals surface area contributed by atoms with Crippen LogP contribution in [0.15, 0.2) is 9.70 Å². The minimum atomic E-state index is -0.306. The number of hydrogen-bond donors (Lipinski definition) is 0. The second kappa shape index (κ2) is 10.2. The minimum Gasteiger partial charge on any atom is -0.355 e. The number of thioether (sulfide) groups is 1. The number of nitrogens with zero attached hydrogens (tertiary/aromatic N) is 5. The van der Waals surface area contributed by atoms with E-state index >= 15 is 0 Å². The Hall–Kier alpha value is -2.15. The Bertz CT molecular complexity index is 1050. The first-order valence-electron chi connectivity index (χ1n) is 11.1. The molecule has 0 bridgehead atoms. The van der Waals surface area contributed by atoms with Crippen LogP contribution in [0.25, 0.3) is 6.08 Å². The third-order valence-electron chi connectivity index (χ3n) is 6.17. The first-order chi connectivity index (χ1) is 15.2. The maximum atomic E-state index is 13.1. The van der Waals surface area contributed by atoms with E-state index < -0.39 is 0 Å². The Morgan fingerprint density at radius 2 is 1.88 bits per heavy atom. The fraction of sp³-hybridized carbons (Fsp3) is 0.565. The van der Waals surface area contributed by atoms with Crippen molar-refractivity contribution in [3.05, 3.63) is 31.9 Å². The molecule has 9 heteroatoms. The van der Waals surface area contributed by atoms with Gasteiger partial charge < -0.3 is 9.80 Å². The quantitative estimate of drug-likeness (QED) is 0.465. The first kappa shape index (κ1) is 24.5. The molecule has 172 valence electrons. The summed E-state index contributed by atoms with van der Waals surface area (Å²) in [5, 5.41) is 9.63. The number of nitriles is 1. The van der Waals surface area contributed by atoms with E-state index in [0.717, 1.165) is 50.5 Å². The molecule has 0 N–H and O–H groups in total. The van der Waals surface area contributed by atoms with Crippen molar-refractivity contribution in [3.8, 4) is 6.07 Å². The van der Waals surface area contributed by atoms with Crippen molar-refractivity contribution in [1.29, 1.82) is 5.26 Å². The summed E-state index contributed by atoms with van der Waals surface area (Å²) in [4.78, 5) is 32.8. The Labute approximate surface area is 199 Å². The summed E-state index contributed by atoms with van der Waals surface area (Å²) in [6.07, 6.45) is 2.70. The van der Waals surface area contributed by atoms with Crippen LogP contribution in [0.3, 0.4) is 0 Å². The number of carbonyl (C=O) groups is 1. The number of likely N-dealkylation sites (N-methyl/N-ethyl adjacent to an activating group) is 1. The highest BCUT2D eigenvalue weighted by Gasteiger charge is 2.33. The summed E-state index contributed by atoms with van der Waals surface area (Å²) in [6.45, 7) is 13.1. The summed E-state index contributed by atoms with van der Waals surface area (Å²) < 4.78 is 2.11. The predicted octanol–water partition coefficient (Wildman–Crippen LogP) is 2.95. The molecule has 1 amide bonds. The van der Waals surface area contributed by atoms with E-state index in [1.54, 1.807) is 23.4 Å². The van der Waals surface area contributed by atoms with Crippen LogP contribution in [0, 0.1) is 24.2 Å². The molecule has 7 nitrogen and oxygen atoms in total. The van der Waals surface area contributed by atoms with Crippen LogP contribution in [0.1, 0.15) is 43.9 Å². The zero-order valence-electron chi connectivity index (χ0n) is 19.5. The zero-order chi connectivity index (χ0) is 23.6. The number of hydrogen-bond acceptors (Lipinski definition) is 7. The van der Waals surface area contributed by atoms with Crippen LogP contribution in [-0.4, -0.2) is 63.9 Å². The van der Waals surface area contributed by atoms with Crippen molar-refractivity contribution in [2.24, 2.45) is 13.0 Å². The number of aromatic nitrogens is 1. The Morgan fingerprint density at radius 3 is 2.44 bits per heavy atom. The summed E-state index contributed by atoms with van der Waals surface area (Å²) in [5.41, 5.74) is 1.17. The molecular formula is C23H31N5O2S2. The fourth-order valence-electron chi connectivity index (χ4n) is 4.08. The summed E-state index contributed by atoms with van der Waals surface area (Å²) in [7, 11) is 1.70. The fourth-order valence-corrected chi connectivity index (χ4v) is 5.37. The first-order valence-corrected chi connectivity index (χ1v) is 12.3. The van der Waals surface area contributed by atoms with Crippen molar-refractivity contribution in [3.63, 3.8) is 0 Å². The summed E-state index contributed by atoms with van der Waals surface area (Å²) in [6, 6.07) is 2.06. The molecule has 0 saturated carbocycles. The number of carbonyl (C=O) groups excluding carboxylic acids is 1. The molecule has 0 atom stereocenters. The van der Waals surface area contributed by atoms with Crippen LogP contribution < -0.4 is 10.5 Å². The Kier molecular flexibility index (Phi) is 7.80. The largest absolute Gasteiger partial charge is 0.355 e. The molecule has 0 aromatic carbocycles. The maximum Gasteiger partial charge on any atom is 0.270 e. The predicted molar refractivity (Wildman–Crippen MR) is 135 cm³/mol. The summed E-state index contributed by atoms with van der Waals surface area (Å²) >= 11 is 6.77. The molecule has 3 heterocycles. The van der Waals surface area contributed by atoms with E-state index in [0.29, 0.717) is 27.3 Å². The molecule has 2 aliphatic rings. The molecule has 3 rings (SSSR count). The second-order valence-corrected chi connectivity index (χ2v) is 10.3. The van der Waals surface area contributed by atoms with Crippen molar-refractivity contribution in [2.75, 3.05) is 44.2 Å². The van der Waals surface area contributed by atoms with Crippen LogP contribution in [0.4, 0.5) is 5.82 Å². The standard InChI is InChI=1S/C23H31N5O2S2/c1-6-26-9-11-27(12-10-26)20-17(16(4)18(14-24)21(29)25(20)5)13-19-22(30)28(23(31)32-19)8-7-15(2)3/h13,15H,6-12H2,1-5H3/b19-13-. The van der Waals surface area contributed by atoms with Gasteiger partial charge in [0.2, 0.25) is 0 Å². The van der Waals surface area contributed by atoms with Gasteiger partial charge in [-0.25, -0.2) is 0 Å². The number of pyridine rings is 1. The highest BCUT2D eigenvalue weighted by molar-refractivity contribution is 8.26. The normalized spacial score (nSPS) is 18.8. The van der Waals surface area contributed by atoms with E-state index in [2.05, 4.69) is 36.6 Å². The molecule has 2 fully saturated rings. The van der Waals surface area contributed by atoms with Gasteiger partial charge in [-0.05, 0) is 37.4 Å². The SMILES string of the molecule is CCN1CCN(c2c(/C=C3\SC(=S)N(CCC(C)C)C3=O)c(C)c(C#N)c(=O)n2C)CC1. The van der Waals surface area contributed by atoms with E-state index in [1.807, 2.05) is 6.08 Å². The van der Waals surface area contributed by atoms with Gasteiger partial charge in [-0.1, -0.05) is 44.8 Å². The number of rotatable bonds is 6. The van der Waals surface area contributed by atoms with Gasteiger partial charge in [0.15, 0.2) is 0 Å². The maximum absolute atomic E-state index is 13.1. The van der Waals surface area contributed by atoms with E-state index in [9.17, 15) is 14.9 Å². The topological polar surface area (TPSA) is 72.6 Å². The molecule has 2 saturated heterocycles. The molecule has 32 heavy (non-hydrogen) atoms. The molecule has 0 spiro atoms. The number of thiocarbonyl (C=S) groups is 1. The second-order valence-electron chi connectivity index (χ2n) is 8.65. The van der Waals surface area contributed by atoms with Crippen LogP contribution in [-0.2, 0) is 11.8 Å². The van der Waals surface area contributed by atoms with E-state index in [-0.39, 0.29) is 17.0 Å². The van der Waals surface area contributed by atoms with Gasteiger partial charge in [0.05, 0.1) is 4.91 Å². The van der Waals surface area contributed by atoms with Gasteiger partial charge in [-0.3, -0.25) is 19.1 Å². The van der Waals surface area contributed by atoms with Crippen molar-refractivity contribution in [2.45, 2.75) is 34.1 Å². The lowest BCUT2D eigenvalue weighted by Crippen LogP contribution is -2.48. The third kappa shape index (κ3) is 4.77. The molecule has 0 unspecified atom stereocenters.